The van der Waals surface area contributed by atoms with Gasteiger partial charge in [0.2, 0.25) is 4.73 Å². The van der Waals surface area contributed by atoms with Crippen LogP contribution in [-0.4, -0.2) is 52.6 Å². The lowest BCUT2D eigenvalue weighted by molar-refractivity contribution is 0.264. The Morgan fingerprint density at radius 2 is 1.38 bits per heavy atom. The molecule has 0 amide bonds. The molecular formula is C33H36BrCl2N9O2. The summed E-state index contributed by atoms with van der Waals surface area (Å²) in [5.74, 6) is 4.94. The lowest BCUT2D eigenvalue weighted by Crippen LogP contribution is -2.43. The molecular weight excluding hydrogens is 705 g/mol. The van der Waals surface area contributed by atoms with Crippen molar-refractivity contribution in [1.82, 2.24) is 39.5 Å². The lowest BCUT2D eigenvalue weighted by atomic mass is 9.82. The third-order valence-electron chi connectivity index (χ3n) is 8.53. The van der Waals surface area contributed by atoms with Gasteiger partial charge in [-0.1, -0.05) is 47.5 Å². The van der Waals surface area contributed by atoms with Gasteiger partial charge in [0.1, 0.15) is 23.6 Å². The van der Waals surface area contributed by atoms with Gasteiger partial charge < -0.3 is 14.4 Å². The highest BCUT2D eigenvalue weighted by atomic mass is 79.9. The topological polar surface area (TPSA) is 109 Å². The second kappa shape index (κ2) is 15.0. The van der Waals surface area contributed by atoms with E-state index in [-0.39, 0.29) is 0 Å². The number of piperidine rings is 1. The van der Waals surface area contributed by atoms with Crippen molar-refractivity contribution < 1.29 is 9.47 Å². The fraction of sp³-hybridized carbons (Fsp3) is 0.394. The number of benzene rings is 2. The maximum absolute atomic E-state index is 6.26. The molecule has 1 aliphatic carbocycles. The molecule has 246 valence electrons. The highest BCUT2D eigenvalue weighted by Crippen LogP contribution is 2.44. The van der Waals surface area contributed by atoms with Crippen LogP contribution in [0.2, 0.25) is 10.0 Å². The van der Waals surface area contributed by atoms with E-state index < -0.39 is 0 Å². The number of rotatable bonds is 9. The van der Waals surface area contributed by atoms with Crippen molar-refractivity contribution in [2.75, 3.05) is 18.0 Å². The summed E-state index contributed by atoms with van der Waals surface area (Å²) in [6.45, 7) is 9.47. The third-order valence-corrected chi connectivity index (χ3v) is 9.49. The summed E-state index contributed by atoms with van der Waals surface area (Å²) in [6, 6.07) is 17.7. The number of fused-ring (bicyclic) bond motifs is 2. The van der Waals surface area contributed by atoms with E-state index in [4.69, 9.17) is 42.8 Å². The molecule has 1 saturated carbocycles. The van der Waals surface area contributed by atoms with Gasteiger partial charge in [-0.3, -0.25) is 0 Å². The number of para-hydroxylation sites is 2. The largest absolute Gasteiger partial charge is 0.423 e. The molecule has 1 aliphatic heterocycles. The Kier molecular flexibility index (Phi) is 10.6. The first kappa shape index (κ1) is 33.2. The van der Waals surface area contributed by atoms with Crippen LogP contribution in [0.1, 0.15) is 38.2 Å². The summed E-state index contributed by atoms with van der Waals surface area (Å²) >= 11 is 15.4. The number of hydrogen-bond acceptors (Lipinski definition) is 9. The van der Waals surface area contributed by atoms with E-state index in [1.54, 1.807) is 23.1 Å². The molecule has 0 radical (unpaired) electrons. The zero-order valence-electron chi connectivity index (χ0n) is 26.4. The molecule has 14 heteroatoms. The molecule has 7 rings (SSSR count). The van der Waals surface area contributed by atoms with Crippen LogP contribution in [-0.2, 0) is 19.5 Å². The van der Waals surface area contributed by atoms with E-state index in [2.05, 4.69) is 46.9 Å². The summed E-state index contributed by atoms with van der Waals surface area (Å²) in [7, 11) is 0. The molecule has 0 N–H and O–H groups in total. The Labute approximate surface area is 292 Å². The van der Waals surface area contributed by atoms with Crippen molar-refractivity contribution in [3.63, 3.8) is 0 Å². The molecule has 0 spiro atoms. The Morgan fingerprint density at radius 1 is 0.809 bits per heavy atom. The van der Waals surface area contributed by atoms with Gasteiger partial charge in [-0.05, 0) is 91.6 Å². The molecule has 2 fully saturated rings. The van der Waals surface area contributed by atoms with E-state index in [0.717, 1.165) is 36.8 Å². The zero-order valence-corrected chi connectivity index (χ0v) is 29.5. The van der Waals surface area contributed by atoms with E-state index >= 15 is 0 Å². The average molecular weight is 742 g/mol. The first-order valence-corrected chi connectivity index (χ1v) is 17.3. The van der Waals surface area contributed by atoms with Crippen molar-refractivity contribution in [3.05, 3.63) is 87.2 Å². The van der Waals surface area contributed by atoms with Crippen LogP contribution in [0, 0.1) is 24.7 Å². The molecule has 3 atom stereocenters. The Balaban J connectivity index is 0.000000203. The number of ether oxygens (including phenoxy) is 2. The molecule has 4 heterocycles. The summed E-state index contributed by atoms with van der Waals surface area (Å²) in [5.41, 5.74) is 1.01. The maximum Gasteiger partial charge on any atom is 0.321 e. The SMILES string of the molecule is CCn1nc(Br)nc1Oc1ccccc1Cl.CCn1nc(CC2[C@@H]3CC[C@H]2CN(c2cc(C)ncn2)C3)nc1Oc1ccccc1Cl. The Bertz CT molecular complexity index is 1800. The lowest BCUT2D eigenvalue weighted by Gasteiger charge is -2.38. The quantitative estimate of drug-likeness (QED) is 0.148. The predicted octanol–water partition coefficient (Wildman–Crippen LogP) is 8.05. The van der Waals surface area contributed by atoms with Crippen molar-refractivity contribution in [2.45, 2.75) is 53.1 Å². The first-order chi connectivity index (χ1) is 22.8. The van der Waals surface area contributed by atoms with E-state index in [1.807, 2.05) is 61.9 Å². The van der Waals surface area contributed by atoms with Crippen LogP contribution >= 0.6 is 39.1 Å². The van der Waals surface area contributed by atoms with Gasteiger partial charge in [0.25, 0.3) is 0 Å². The molecule has 3 aromatic heterocycles. The van der Waals surface area contributed by atoms with Crippen LogP contribution in [0.4, 0.5) is 5.82 Å². The number of anilines is 1. The molecule has 2 aromatic carbocycles. The van der Waals surface area contributed by atoms with E-state index in [0.29, 0.717) is 69.1 Å². The molecule has 2 aliphatic rings. The van der Waals surface area contributed by atoms with Gasteiger partial charge in [-0.25, -0.2) is 19.3 Å². The maximum atomic E-state index is 6.26. The Morgan fingerprint density at radius 3 is 1.96 bits per heavy atom. The highest BCUT2D eigenvalue weighted by Gasteiger charge is 2.43. The second-order valence-electron chi connectivity index (χ2n) is 11.6. The standard InChI is InChI=1S/C23H27ClN6O.C10H9BrClN3O/c1-3-30-23(31-20-7-5-4-6-19(20)24)27-21(28-30)11-18-16-8-9-17(18)13-29(12-16)22-10-15(2)25-14-26-22;1-2-15-10(13-9(11)14-15)16-8-6-4-3-5-7(8)12/h4-7,10,14,16-18H,3,8-9,11-13H2,1-2H3;3-6H,2H2,1H3/t16-,17+,18?;. The number of aromatic nitrogens is 8. The average Bonchev–Trinajstić information content (AvgIpc) is 3.70. The van der Waals surface area contributed by atoms with Crippen molar-refractivity contribution in [1.29, 1.82) is 0 Å². The van der Waals surface area contributed by atoms with Crippen molar-refractivity contribution >= 4 is 44.9 Å². The fourth-order valence-electron chi connectivity index (χ4n) is 6.25. The predicted molar refractivity (Wildman–Crippen MR) is 185 cm³/mol. The number of nitrogens with zero attached hydrogens (tertiary/aromatic N) is 9. The number of aryl methyl sites for hydroxylation is 3. The number of halogens is 3. The van der Waals surface area contributed by atoms with Gasteiger partial charge in [-0.2, -0.15) is 15.1 Å². The van der Waals surface area contributed by atoms with Crippen LogP contribution in [0.3, 0.4) is 0 Å². The molecule has 1 saturated heterocycles. The van der Waals surface area contributed by atoms with Crippen molar-refractivity contribution in [3.8, 4) is 23.5 Å². The summed E-state index contributed by atoms with van der Waals surface area (Å²) < 4.78 is 15.5. The first-order valence-electron chi connectivity index (χ1n) is 15.7. The van der Waals surface area contributed by atoms with Crippen LogP contribution < -0.4 is 14.4 Å². The number of hydrogen-bond donors (Lipinski definition) is 0. The van der Waals surface area contributed by atoms with Gasteiger partial charge in [0, 0.05) is 44.4 Å². The van der Waals surface area contributed by atoms with Crippen LogP contribution in [0.5, 0.6) is 23.5 Å². The van der Waals surface area contributed by atoms with E-state index in [1.165, 1.54) is 12.8 Å². The van der Waals surface area contributed by atoms with Crippen molar-refractivity contribution in [2.24, 2.45) is 17.8 Å². The summed E-state index contributed by atoms with van der Waals surface area (Å²) in [4.78, 5) is 20.0. The molecule has 11 nitrogen and oxygen atoms in total. The molecule has 1 unspecified atom stereocenters. The molecule has 47 heavy (non-hydrogen) atoms. The minimum Gasteiger partial charge on any atom is -0.423 e. The van der Waals surface area contributed by atoms with Gasteiger partial charge in [0.15, 0.2) is 5.82 Å². The zero-order chi connectivity index (χ0) is 32.9. The smallest absolute Gasteiger partial charge is 0.321 e. The third kappa shape index (κ3) is 7.88. The summed E-state index contributed by atoms with van der Waals surface area (Å²) in [5, 5.41) is 9.96. The Hall–Kier alpha value is -3.74. The second-order valence-corrected chi connectivity index (χ2v) is 13.1. The fourth-order valence-corrected chi connectivity index (χ4v) is 6.95. The van der Waals surface area contributed by atoms with Gasteiger partial charge in [-0.15, -0.1) is 5.10 Å². The van der Waals surface area contributed by atoms with Gasteiger partial charge >= 0.3 is 12.0 Å². The van der Waals surface area contributed by atoms with Gasteiger partial charge in [0.05, 0.1) is 10.0 Å². The minimum absolute atomic E-state index is 0.419. The normalized spacial score (nSPS) is 18.5. The van der Waals surface area contributed by atoms with E-state index in [9.17, 15) is 0 Å². The highest BCUT2D eigenvalue weighted by molar-refractivity contribution is 9.10. The van der Waals surface area contributed by atoms with Crippen LogP contribution in [0.15, 0.2) is 65.7 Å². The molecule has 5 aromatic rings. The van der Waals surface area contributed by atoms with Crippen LogP contribution in [0.25, 0.3) is 0 Å². The summed E-state index contributed by atoms with van der Waals surface area (Å²) in [6.07, 6.45) is 5.07. The minimum atomic E-state index is 0.419. The molecule has 2 bridgehead atoms. The monoisotopic (exact) mass is 739 g/mol.